The van der Waals surface area contributed by atoms with Gasteiger partial charge in [0.2, 0.25) is 0 Å². The molecule has 0 amide bonds. The molecule has 0 aliphatic carbocycles. The summed E-state index contributed by atoms with van der Waals surface area (Å²) in [5, 5.41) is 11.1. The summed E-state index contributed by atoms with van der Waals surface area (Å²) in [4.78, 5) is 3.25. The molecule has 18 heavy (non-hydrogen) atoms. The lowest BCUT2D eigenvalue weighted by atomic mass is 10.0. The number of hydrogen-bond acceptors (Lipinski definition) is 1. The van der Waals surface area contributed by atoms with E-state index >= 15 is 0 Å². The topological polar surface area (TPSA) is 36.0 Å². The quantitative estimate of drug-likeness (QED) is 0.755. The van der Waals surface area contributed by atoms with E-state index in [0.717, 1.165) is 26.1 Å². The fraction of sp³-hybridized carbons (Fsp3) is 0.286. The second-order valence-corrected chi connectivity index (χ2v) is 6.06. The van der Waals surface area contributed by atoms with E-state index in [1.165, 1.54) is 5.56 Å². The van der Waals surface area contributed by atoms with Crippen molar-refractivity contribution in [3.05, 3.63) is 54.9 Å². The average Bonchev–Trinajstić information content (AvgIpc) is 2.60. The summed E-state index contributed by atoms with van der Waals surface area (Å²) >= 11 is 8.27. The second kappa shape index (κ2) is 5.23. The Labute approximate surface area is 126 Å². The number of H-pyrrole nitrogens is 1. The number of aromatic nitrogens is 1. The SMILES string of the molecule is Cc1[nH]c(C(O)c2ccc(I)c(Cl)c2)c(C)c1C. The Balaban J connectivity index is 2.44. The van der Waals surface area contributed by atoms with Gasteiger partial charge in [-0.25, -0.2) is 0 Å². The number of aryl methyl sites for hydroxylation is 1. The van der Waals surface area contributed by atoms with Gasteiger partial charge in [-0.1, -0.05) is 17.7 Å². The highest BCUT2D eigenvalue weighted by molar-refractivity contribution is 14.1. The monoisotopic (exact) mass is 375 g/mol. The van der Waals surface area contributed by atoms with Gasteiger partial charge in [-0.2, -0.15) is 0 Å². The molecule has 4 heteroatoms. The molecule has 0 aliphatic heterocycles. The van der Waals surface area contributed by atoms with Gasteiger partial charge in [-0.15, -0.1) is 0 Å². The fourth-order valence-electron chi connectivity index (χ4n) is 2.00. The van der Waals surface area contributed by atoms with Crippen molar-refractivity contribution in [2.24, 2.45) is 0 Å². The molecule has 1 unspecified atom stereocenters. The van der Waals surface area contributed by atoms with Crippen LogP contribution < -0.4 is 0 Å². The number of rotatable bonds is 2. The third kappa shape index (κ3) is 2.44. The maximum Gasteiger partial charge on any atom is 0.119 e. The van der Waals surface area contributed by atoms with Crippen molar-refractivity contribution in [3.8, 4) is 0 Å². The lowest BCUT2D eigenvalue weighted by Gasteiger charge is -2.12. The molecule has 0 saturated heterocycles. The van der Waals surface area contributed by atoms with Crippen LogP contribution in [0.1, 0.15) is 34.2 Å². The van der Waals surface area contributed by atoms with Crippen LogP contribution in [0.15, 0.2) is 18.2 Å². The molecule has 2 nitrogen and oxygen atoms in total. The Morgan fingerprint density at radius 2 is 1.89 bits per heavy atom. The summed E-state index contributed by atoms with van der Waals surface area (Å²) in [7, 11) is 0. The van der Waals surface area contributed by atoms with Crippen LogP contribution >= 0.6 is 34.2 Å². The Kier molecular flexibility index (Phi) is 4.04. The third-order valence-electron chi connectivity index (χ3n) is 3.38. The van der Waals surface area contributed by atoms with Gasteiger partial charge < -0.3 is 10.1 Å². The number of halogens is 2. The number of hydrogen-bond donors (Lipinski definition) is 2. The Morgan fingerprint density at radius 3 is 2.39 bits per heavy atom. The molecule has 2 N–H and O–H groups in total. The van der Waals surface area contributed by atoms with E-state index in [2.05, 4.69) is 34.5 Å². The molecular formula is C14H15ClINO. The molecular weight excluding hydrogens is 361 g/mol. The first-order valence-electron chi connectivity index (χ1n) is 5.70. The normalized spacial score (nSPS) is 12.8. The van der Waals surface area contributed by atoms with Crippen LogP contribution in [-0.2, 0) is 0 Å². The zero-order chi connectivity index (χ0) is 13.4. The Morgan fingerprint density at radius 1 is 1.22 bits per heavy atom. The van der Waals surface area contributed by atoms with Crippen LogP contribution in [0.25, 0.3) is 0 Å². The van der Waals surface area contributed by atoms with Gasteiger partial charge in [0.05, 0.1) is 10.7 Å². The van der Waals surface area contributed by atoms with Crippen molar-refractivity contribution in [2.45, 2.75) is 26.9 Å². The van der Waals surface area contributed by atoms with Crippen molar-refractivity contribution in [3.63, 3.8) is 0 Å². The summed E-state index contributed by atoms with van der Waals surface area (Å²) < 4.78 is 0.987. The molecule has 1 aromatic heterocycles. The van der Waals surface area contributed by atoms with Gasteiger partial charge in [-0.05, 0) is 72.2 Å². The van der Waals surface area contributed by atoms with Gasteiger partial charge in [0.25, 0.3) is 0 Å². The lowest BCUT2D eigenvalue weighted by molar-refractivity contribution is 0.215. The van der Waals surface area contributed by atoms with E-state index in [0.29, 0.717) is 5.02 Å². The standard InChI is InChI=1S/C14H15ClINO/c1-7-8(2)13(17-9(7)3)14(18)10-4-5-12(16)11(15)6-10/h4-6,14,17-18H,1-3H3. The van der Waals surface area contributed by atoms with Gasteiger partial charge in [0.1, 0.15) is 6.10 Å². The number of aromatic amines is 1. The van der Waals surface area contributed by atoms with Crippen LogP contribution in [0.5, 0.6) is 0 Å². The van der Waals surface area contributed by atoms with E-state index in [4.69, 9.17) is 11.6 Å². The smallest absolute Gasteiger partial charge is 0.119 e. The van der Waals surface area contributed by atoms with Gasteiger partial charge in [-0.3, -0.25) is 0 Å². The first-order valence-corrected chi connectivity index (χ1v) is 7.16. The predicted molar refractivity (Wildman–Crippen MR) is 83.2 cm³/mol. The summed E-state index contributed by atoms with van der Waals surface area (Å²) in [6, 6.07) is 5.64. The second-order valence-electron chi connectivity index (χ2n) is 4.49. The zero-order valence-corrected chi connectivity index (χ0v) is 13.4. The summed E-state index contributed by atoms with van der Waals surface area (Å²) in [6.45, 7) is 6.09. The maximum atomic E-state index is 10.4. The highest BCUT2D eigenvalue weighted by Crippen LogP contribution is 2.30. The molecule has 0 spiro atoms. The maximum absolute atomic E-state index is 10.4. The minimum Gasteiger partial charge on any atom is -0.382 e. The highest BCUT2D eigenvalue weighted by Gasteiger charge is 2.18. The van der Waals surface area contributed by atoms with Crippen LogP contribution in [0.2, 0.25) is 5.02 Å². The van der Waals surface area contributed by atoms with Gasteiger partial charge in [0.15, 0.2) is 0 Å². The average molecular weight is 376 g/mol. The Bertz CT molecular complexity index is 592. The molecule has 0 fully saturated rings. The number of aliphatic hydroxyl groups excluding tert-OH is 1. The fourth-order valence-corrected chi connectivity index (χ4v) is 2.52. The summed E-state index contributed by atoms with van der Waals surface area (Å²) in [6.07, 6.45) is -0.660. The van der Waals surface area contributed by atoms with E-state index in [-0.39, 0.29) is 0 Å². The van der Waals surface area contributed by atoms with Crippen molar-refractivity contribution >= 4 is 34.2 Å². The van der Waals surface area contributed by atoms with E-state index in [1.54, 1.807) is 0 Å². The highest BCUT2D eigenvalue weighted by atomic mass is 127. The summed E-state index contributed by atoms with van der Waals surface area (Å²) in [5.41, 5.74) is 5.06. The molecule has 0 saturated carbocycles. The predicted octanol–water partition coefficient (Wildman–Crippen LogP) is 4.28. The zero-order valence-electron chi connectivity index (χ0n) is 10.5. The molecule has 1 heterocycles. The van der Waals surface area contributed by atoms with E-state index in [9.17, 15) is 5.11 Å². The number of benzene rings is 1. The molecule has 0 bridgehead atoms. The van der Waals surface area contributed by atoms with Gasteiger partial charge in [0, 0.05) is 9.26 Å². The van der Waals surface area contributed by atoms with Crippen LogP contribution in [0.3, 0.4) is 0 Å². The van der Waals surface area contributed by atoms with Crippen LogP contribution in [0.4, 0.5) is 0 Å². The Hall–Kier alpha value is -0.520. The van der Waals surface area contributed by atoms with Crippen LogP contribution in [0, 0.1) is 24.3 Å². The minimum absolute atomic E-state index is 0.660. The van der Waals surface area contributed by atoms with Crippen molar-refractivity contribution < 1.29 is 5.11 Å². The molecule has 2 aromatic rings. The third-order valence-corrected chi connectivity index (χ3v) is 4.96. The molecule has 1 aromatic carbocycles. The molecule has 1 atom stereocenters. The number of nitrogens with one attached hydrogen (secondary N) is 1. The lowest BCUT2D eigenvalue weighted by Crippen LogP contribution is -2.02. The largest absolute Gasteiger partial charge is 0.382 e. The first-order chi connectivity index (χ1) is 8.41. The first kappa shape index (κ1) is 13.9. The van der Waals surface area contributed by atoms with E-state index < -0.39 is 6.10 Å². The van der Waals surface area contributed by atoms with Crippen LogP contribution in [-0.4, -0.2) is 10.1 Å². The van der Waals surface area contributed by atoms with Crippen molar-refractivity contribution in [1.29, 1.82) is 0 Å². The van der Waals surface area contributed by atoms with Crippen molar-refractivity contribution in [1.82, 2.24) is 4.98 Å². The van der Waals surface area contributed by atoms with Crippen molar-refractivity contribution in [2.75, 3.05) is 0 Å². The molecule has 0 radical (unpaired) electrons. The molecule has 96 valence electrons. The minimum atomic E-state index is -0.660. The molecule has 0 aliphatic rings. The van der Waals surface area contributed by atoms with E-state index in [1.807, 2.05) is 32.0 Å². The summed E-state index contributed by atoms with van der Waals surface area (Å²) in [5.74, 6) is 0. The molecule has 2 rings (SSSR count). The van der Waals surface area contributed by atoms with Gasteiger partial charge >= 0.3 is 0 Å². The number of aliphatic hydroxyl groups is 1.